The van der Waals surface area contributed by atoms with Gasteiger partial charge < -0.3 is 5.41 Å². The minimum absolute atomic E-state index is 0.280. The van der Waals surface area contributed by atoms with Gasteiger partial charge in [-0.25, -0.2) is 4.39 Å². The smallest absolute Gasteiger partial charge is 0.150 e. The summed E-state index contributed by atoms with van der Waals surface area (Å²) < 4.78 is 13.0. The summed E-state index contributed by atoms with van der Waals surface area (Å²) in [5.41, 5.74) is 3.19. The van der Waals surface area contributed by atoms with Crippen molar-refractivity contribution in [3.05, 3.63) is 70.8 Å². The average Bonchev–Trinajstić information content (AvgIpc) is 2.47. The number of aldehydes is 1. The third-order valence-corrected chi connectivity index (χ3v) is 3.24. The fourth-order valence-corrected chi connectivity index (χ4v) is 2.11. The van der Waals surface area contributed by atoms with Gasteiger partial charge in [0, 0.05) is 17.5 Å². The highest BCUT2D eigenvalue weighted by Crippen LogP contribution is 2.20. The van der Waals surface area contributed by atoms with Gasteiger partial charge in [-0.3, -0.25) is 4.79 Å². The van der Waals surface area contributed by atoms with E-state index in [9.17, 15) is 9.18 Å². The van der Waals surface area contributed by atoms with Crippen LogP contribution in [0.2, 0.25) is 0 Å². The molecule has 1 unspecified atom stereocenters. The lowest BCUT2D eigenvalue weighted by molar-refractivity contribution is 0.112. The molecule has 1 aromatic rings. The number of rotatable bonds is 4. The Morgan fingerprint density at radius 3 is 2.80 bits per heavy atom. The molecule has 0 aromatic heterocycles. The van der Waals surface area contributed by atoms with E-state index >= 15 is 0 Å². The van der Waals surface area contributed by atoms with Gasteiger partial charge in [-0.15, -0.1) is 0 Å². The fourth-order valence-electron chi connectivity index (χ4n) is 2.11. The van der Waals surface area contributed by atoms with Crippen LogP contribution in [0.5, 0.6) is 0 Å². The highest BCUT2D eigenvalue weighted by atomic mass is 19.1. The predicted octanol–water partition coefficient (Wildman–Crippen LogP) is 4.04. The van der Waals surface area contributed by atoms with Crippen LogP contribution < -0.4 is 0 Å². The van der Waals surface area contributed by atoms with Crippen molar-refractivity contribution in [2.24, 2.45) is 0 Å². The van der Waals surface area contributed by atoms with E-state index in [0.29, 0.717) is 17.5 Å². The Kier molecular flexibility index (Phi) is 4.41. The largest absolute Gasteiger partial charge is 0.300 e. The van der Waals surface area contributed by atoms with Crippen LogP contribution in [0.3, 0.4) is 0 Å². The lowest BCUT2D eigenvalue weighted by Gasteiger charge is -2.11. The Morgan fingerprint density at radius 1 is 1.40 bits per heavy atom. The van der Waals surface area contributed by atoms with E-state index in [2.05, 4.69) is 0 Å². The quantitative estimate of drug-likeness (QED) is 0.650. The number of nitrogens with one attached hydrogen (secondary N) is 1. The molecule has 0 aliphatic heterocycles. The molecule has 0 saturated heterocycles. The van der Waals surface area contributed by atoms with Gasteiger partial charge in [-0.1, -0.05) is 36.4 Å². The first-order chi connectivity index (χ1) is 9.61. The molecule has 102 valence electrons. The molecule has 0 amide bonds. The first-order valence-corrected chi connectivity index (χ1v) is 6.46. The Balaban J connectivity index is 2.24. The Hall–Kier alpha value is -2.29. The molecule has 1 aliphatic carbocycles. The number of carbonyl (C=O) groups excluding carboxylic acids is 1. The molecule has 1 atom stereocenters. The van der Waals surface area contributed by atoms with E-state index in [4.69, 9.17) is 5.41 Å². The molecule has 0 heterocycles. The highest BCUT2D eigenvalue weighted by Gasteiger charge is 2.09. The maximum absolute atomic E-state index is 13.0. The van der Waals surface area contributed by atoms with Crippen molar-refractivity contribution in [3.63, 3.8) is 0 Å². The van der Waals surface area contributed by atoms with Crippen LogP contribution in [0.15, 0.2) is 59.7 Å². The maximum atomic E-state index is 13.0. The summed E-state index contributed by atoms with van der Waals surface area (Å²) in [5.74, 6) is 0. The molecule has 0 fully saturated rings. The lowest BCUT2D eigenvalue weighted by Crippen LogP contribution is -2.03. The van der Waals surface area contributed by atoms with Gasteiger partial charge in [0.25, 0.3) is 0 Å². The molecule has 1 aromatic carbocycles. The second kappa shape index (κ2) is 6.24. The van der Waals surface area contributed by atoms with Crippen molar-refractivity contribution in [2.45, 2.75) is 19.5 Å². The summed E-state index contributed by atoms with van der Waals surface area (Å²) in [5, 5.41) is 8.10. The van der Waals surface area contributed by atoms with Crippen molar-refractivity contribution in [3.8, 4) is 0 Å². The molecule has 0 spiro atoms. The molecular weight excluding hydrogens is 253 g/mol. The molecule has 0 radical (unpaired) electrons. The topological polar surface area (TPSA) is 40.9 Å². The Bertz CT molecular complexity index is 626. The first kappa shape index (κ1) is 14.1. The predicted molar refractivity (Wildman–Crippen MR) is 79.2 cm³/mol. The van der Waals surface area contributed by atoms with Crippen LogP contribution in [0.4, 0.5) is 4.39 Å². The van der Waals surface area contributed by atoms with Crippen LogP contribution >= 0.6 is 0 Å². The molecule has 0 bridgehead atoms. The number of hydrogen-bond donors (Lipinski definition) is 1. The van der Waals surface area contributed by atoms with Crippen LogP contribution in [-0.4, -0.2) is 18.2 Å². The van der Waals surface area contributed by atoms with Gasteiger partial charge >= 0.3 is 0 Å². The lowest BCUT2D eigenvalue weighted by atomic mass is 9.96. The summed E-state index contributed by atoms with van der Waals surface area (Å²) in [6, 6.07) is 7.00. The van der Waals surface area contributed by atoms with Gasteiger partial charge in [0.1, 0.15) is 6.17 Å². The third-order valence-electron chi connectivity index (χ3n) is 3.24. The third kappa shape index (κ3) is 3.18. The summed E-state index contributed by atoms with van der Waals surface area (Å²) >= 11 is 0. The second-order valence-corrected chi connectivity index (χ2v) is 4.72. The fraction of sp³-hybridized carbons (Fsp3) is 0.176. The summed E-state index contributed by atoms with van der Waals surface area (Å²) in [4.78, 5) is 11.0. The van der Waals surface area contributed by atoms with Gasteiger partial charge in [0.2, 0.25) is 0 Å². The van der Waals surface area contributed by atoms with E-state index in [1.54, 1.807) is 36.4 Å². The van der Waals surface area contributed by atoms with E-state index in [1.165, 1.54) is 6.08 Å². The maximum Gasteiger partial charge on any atom is 0.150 e. The number of halogens is 1. The van der Waals surface area contributed by atoms with E-state index in [0.717, 1.165) is 17.4 Å². The van der Waals surface area contributed by atoms with Crippen molar-refractivity contribution in [2.75, 3.05) is 0 Å². The van der Waals surface area contributed by atoms with Crippen LogP contribution in [0.1, 0.15) is 29.3 Å². The molecule has 0 saturated carbocycles. The van der Waals surface area contributed by atoms with Crippen molar-refractivity contribution in [1.82, 2.24) is 0 Å². The number of hydrogen-bond acceptors (Lipinski definition) is 2. The van der Waals surface area contributed by atoms with Crippen LogP contribution in [-0.2, 0) is 0 Å². The Labute approximate surface area is 117 Å². The van der Waals surface area contributed by atoms with Crippen LogP contribution in [0, 0.1) is 5.41 Å². The number of alkyl halides is 1. The molecule has 1 aliphatic rings. The van der Waals surface area contributed by atoms with E-state index in [-0.39, 0.29) is 5.71 Å². The molecule has 2 rings (SSSR count). The minimum Gasteiger partial charge on any atom is -0.300 e. The van der Waals surface area contributed by atoms with Crippen molar-refractivity contribution >= 4 is 12.0 Å². The molecule has 1 N–H and O–H groups in total. The molecule has 20 heavy (non-hydrogen) atoms. The van der Waals surface area contributed by atoms with Gasteiger partial charge in [-0.2, -0.15) is 0 Å². The molecule has 2 nitrogen and oxygen atoms in total. The van der Waals surface area contributed by atoms with E-state index in [1.807, 2.05) is 13.0 Å². The first-order valence-electron chi connectivity index (χ1n) is 6.46. The van der Waals surface area contributed by atoms with Crippen LogP contribution in [0.25, 0.3) is 0 Å². The van der Waals surface area contributed by atoms with E-state index < -0.39 is 6.17 Å². The Morgan fingerprint density at radius 2 is 2.15 bits per heavy atom. The second-order valence-electron chi connectivity index (χ2n) is 4.72. The van der Waals surface area contributed by atoms with Gasteiger partial charge in [-0.05, 0) is 30.2 Å². The molecule has 3 heteroatoms. The summed E-state index contributed by atoms with van der Waals surface area (Å²) in [6.07, 6.45) is 7.00. The van der Waals surface area contributed by atoms with Crippen molar-refractivity contribution < 1.29 is 9.18 Å². The SMILES string of the molecule is C/C(=C\C(=N)c1ccccc1C=O)C1=CCC(F)C=C1. The monoisotopic (exact) mass is 269 g/mol. The summed E-state index contributed by atoms with van der Waals surface area (Å²) in [6.45, 7) is 1.88. The molecular formula is C17H16FNO. The zero-order valence-corrected chi connectivity index (χ0v) is 11.3. The number of carbonyl (C=O) groups is 1. The average molecular weight is 269 g/mol. The van der Waals surface area contributed by atoms with Crippen molar-refractivity contribution in [1.29, 1.82) is 5.41 Å². The number of benzene rings is 1. The zero-order chi connectivity index (χ0) is 14.5. The van der Waals surface area contributed by atoms with Gasteiger partial charge in [0.05, 0.1) is 5.71 Å². The highest BCUT2D eigenvalue weighted by molar-refractivity contribution is 6.11. The standard InChI is InChI=1S/C17H16FNO/c1-12(13-6-8-15(18)9-7-13)10-17(19)16-5-3-2-4-14(16)11-20/h2-8,10-11,15,19H,9H2,1H3/b12-10+,19-17?. The zero-order valence-electron chi connectivity index (χ0n) is 11.3. The van der Waals surface area contributed by atoms with Gasteiger partial charge in [0.15, 0.2) is 6.29 Å². The minimum atomic E-state index is -0.915. The summed E-state index contributed by atoms with van der Waals surface area (Å²) in [7, 11) is 0. The normalized spacial score (nSPS) is 18.6. The number of allylic oxidation sites excluding steroid dienone is 6.